The topological polar surface area (TPSA) is 165 Å². The molecule has 2 N–H and O–H groups in total. The second kappa shape index (κ2) is 11.9. The number of carbonyl (C=O) groups excluding carboxylic acids is 3. The minimum atomic E-state index is -1.04. The number of hydrogen-bond donors (Lipinski definition) is 2. The molecule has 0 radical (unpaired) electrons. The molecule has 0 saturated carbocycles. The number of carbonyl (C=O) groups is 4. The third-order valence-electron chi connectivity index (χ3n) is 4.56. The third-order valence-corrected chi connectivity index (χ3v) is 5.69. The molecule has 1 aliphatic rings. The van der Waals surface area contributed by atoms with Gasteiger partial charge in [0, 0.05) is 18.2 Å². The van der Waals surface area contributed by atoms with Crippen LogP contribution in [-0.2, 0) is 25.8 Å². The molecule has 1 aromatic rings. The molecule has 12 nitrogen and oxygen atoms in total. The highest BCUT2D eigenvalue weighted by atomic mass is 32.2. The number of carboxylic acid groups (broad SMARTS) is 1. The van der Waals surface area contributed by atoms with E-state index in [9.17, 15) is 34.4 Å². The Morgan fingerprint density at radius 2 is 2.12 bits per heavy atom. The Morgan fingerprint density at radius 1 is 1.38 bits per heavy atom. The summed E-state index contributed by atoms with van der Waals surface area (Å²) in [5.41, 5.74) is 0.417. The van der Waals surface area contributed by atoms with E-state index in [2.05, 4.69) is 10.2 Å². The van der Waals surface area contributed by atoms with Crippen LogP contribution in [0.3, 0.4) is 0 Å². The second-order valence-corrected chi connectivity index (χ2v) is 8.08. The molecule has 0 aliphatic carbocycles. The normalized spacial score (nSPS) is 16.2. The van der Waals surface area contributed by atoms with Gasteiger partial charge in [-0.05, 0) is 30.5 Å². The predicted octanol–water partition coefficient (Wildman–Crippen LogP) is 1.45. The van der Waals surface area contributed by atoms with Gasteiger partial charge in [-0.2, -0.15) is 0 Å². The van der Waals surface area contributed by atoms with Gasteiger partial charge in [-0.25, -0.2) is 9.59 Å². The van der Waals surface area contributed by atoms with Gasteiger partial charge in [-0.3, -0.25) is 9.59 Å². The molecule has 1 aromatic carbocycles. The molecule has 13 heteroatoms. The first kappa shape index (κ1) is 24.9. The summed E-state index contributed by atoms with van der Waals surface area (Å²) in [7, 11) is 0. The van der Waals surface area contributed by atoms with E-state index in [1.807, 2.05) is 0 Å². The van der Waals surface area contributed by atoms with Crippen molar-refractivity contribution >= 4 is 34.8 Å². The first-order valence-electron chi connectivity index (χ1n) is 9.68. The van der Waals surface area contributed by atoms with Crippen LogP contribution in [0.2, 0.25) is 0 Å². The number of nitrogens with zero attached hydrogens (tertiary/aromatic N) is 2. The number of amides is 2. The van der Waals surface area contributed by atoms with Crippen molar-refractivity contribution < 1.29 is 38.9 Å². The average molecular weight is 469 g/mol. The molecular formula is C19H23N3O9S. The Hall–Kier alpha value is -3.35. The number of benzene rings is 1. The Bertz CT molecular complexity index is 879. The van der Waals surface area contributed by atoms with Gasteiger partial charge in [0.15, 0.2) is 0 Å². The smallest absolute Gasteiger partial charge is 0.413 e. The van der Waals surface area contributed by atoms with Crippen molar-refractivity contribution in [2.24, 2.45) is 5.92 Å². The van der Waals surface area contributed by atoms with Crippen LogP contribution in [-0.4, -0.2) is 63.1 Å². The average Bonchev–Trinajstić information content (AvgIpc) is 3.24. The van der Waals surface area contributed by atoms with Gasteiger partial charge in [0.05, 0.1) is 6.54 Å². The SMILES string of the molecule is C[C@H](CSC(=O)CNC(=O)Oc1cccc(CO[N+](=O)[O-])c1)C(=O)N1CCC[C@H]1C(=O)O. The molecule has 0 spiro atoms. The minimum absolute atomic E-state index is 0.116. The summed E-state index contributed by atoms with van der Waals surface area (Å²) >= 11 is 0.857. The summed E-state index contributed by atoms with van der Waals surface area (Å²) in [5.74, 6) is -1.64. The van der Waals surface area contributed by atoms with Crippen molar-refractivity contribution in [2.45, 2.75) is 32.4 Å². The molecule has 1 aliphatic heterocycles. The number of rotatable bonds is 10. The molecule has 0 bridgehead atoms. The van der Waals surface area contributed by atoms with Gasteiger partial charge in [-0.15, -0.1) is 10.1 Å². The molecule has 2 amide bonds. The van der Waals surface area contributed by atoms with E-state index in [1.165, 1.54) is 23.1 Å². The van der Waals surface area contributed by atoms with E-state index in [1.54, 1.807) is 13.0 Å². The zero-order valence-electron chi connectivity index (χ0n) is 17.2. The number of thioether (sulfide) groups is 1. The van der Waals surface area contributed by atoms with Crippen LogP contribution >= 0.6 is 11.8 Å². The number of ether oxygens (including phenoxy) is 1. The highest BCUT2D eigenvalue weighted by Crippen LogP contribution is 2.22. The highest BCUT2D eigenvalue weighted by molar-refractivity contribution is 8.13. The molecule has 2 atom stereocenters. The van der Waals surface area contributed by atoms with Gasteiger partial charge in [0.25, 0.3) is 5.09 Å². The van der Waals surface area contributed by atoms with E-state index < -0.39 is 34.2 Å². The maximum Gasteiger partial charge on any atom is 0.413 e. The summed E-state index contributed by atoms with van der Waals surface area (Å²) in [4.78, 5) is 63.4. The molecular weight excluding hydrogens is 446 g/mol. The lowest BCUT2D eigenvalue weighted by molar-refractivity contribution is -0.763. The fourth-order valence-corrected chi connectivity index (χ4v) is 3.78. The summed E-state index contributed by atoms with van der Waals surface area (Å²) in [5, 5.41) is 20.4. The first-order valence-corrected chi connectivity index (χ1v) is 10.7. The van der Waals surface area contributed by atoms with Crippen molar-refractivity contribution in [3.63, 3.8) is 0 Å². The Kier molecular flexibility index (Phi) is 9.25. The molecule has 1 saturated heterocycles. The van der Waals surface area contributed by atoms with Crippen molar-refractivity contribution in [1.29, 1.82) is 0 Å². The second-order valence-electron chi connectivity index (χ2n) is 7.00. The number of likely N-dealkylation sites (tertiary alicyclic amines) is 1. The first-order chi connectivity index (χ1) is 15.2. The van der Waals surface area contributed by atoms with Crippen LogP contribution in [0.5, 0.6) is 5.75 Å². The minimum Gasteiger partial charge on any atom is -0.480 e. The van der Waals surface area contributed by atoms with Crippen molar-refractivity contribution in [1.82, 2.24) is 10.2 Å². The summed E-state index contributed by atoms with van der Waals surface area (Å²) in [6.45, 7) is 1.36. The molecule has 32 heavy (non-hydrogen) atoms. The van der Waals surface area contributed by atoms with E-state index in [0.717, 1.165) is 11.8 Å². The molecule has 174 valence electrons. The number of hydrogen-bond acceptors (Lipinski definition) is 9. The Labute approximate surface area is 187 Å². The maximum absolute atomic E-state index is 12.5. The highest BCUT2D eigenvalue weighted by Gasteiger charge is 2.35. The van der Waals surface area contributed by atoms with Crippen LogP contribution in [0.1, 0.15) is 25.3 Å². The van der Waals surface area contributed by atoms with Gasteiger partial charge in [-0.1, -0.05) is 30.8 Å². The van der Waals surface area contributed by atoms with E-state index in [-0.39, 0.29) is 30.6 Å². The van der Waals surface area contributed by atoms with Gasteiger partial charge in [0.1, 0.15) is 18.4 Å². The molecule has 2 rings (SSSR count). The summed E-state index contributed by atoms with van der Waals surface area (Å²) < 4.78 is 5.02. The van der Waals surface area contributed by atoms with Crippen molar-refractivity contribution in [3.8, 4) is 5.75 Å². The summed E-state index contributed by atoms with van der Waals surface area (Å²) in [6.07, 6.45) is 0.147. The zero-order chi connectivity index (χ0) is 23.7. The zero-order valence-corrected chi connectivity index (χ0v) is 18.0. The van der Waals surface area contributed by atoms with Crippen LogP contribution in [0.4, 0.5) is 4.79 Å². The fraction of sp³-hybridized carbons (Fsp3) is 0.474. The standard InChI is InChI=1S/C19H23N3O9S/c1-12(17(24)21-7-3-6-15(21)18(25)26)11-32-16(23)9-20-19(27)31-14-5-2-4-13(8-14)10-30-22(28)29/h2,4-5,8,12,15H,3,6-7,9-11H2,1H3,(H,20,27)(H,25,26)/t12-,15+/m1/s1. The van der Waals surface area contributed by atoms with Gasteiger partial charge >= 0.3 is 12.1 Å². The van der Waals surface area contributed by atoms with Crippen LogP contribution in [0, 0.1) is 16.0 Å². The van der Waals surface area contributed by atoms with Gasteiger partial charge in [0.2, 0.25) is 11.0 Å². The van der Waals surface area contributed by atoms with Crippen LogP contribution < -0.4 is 10.1 Å². The van der Waals surface area contributed by atoms with E-state index >= 15 is 0 Å². The lowest BCUT2D eigenvalue weighted by atomic mass is 10.1. The number of nitrogens with one attached hydrogen (secondary N) is 1. The maximum atomic E-state index is 12.5. The number of aliphatic carboxylic acids is 1. The van der Waals surface area contributed by atoms with E-state index in [4.69, 9.17) is 4.74 Å². The Morgan fingerprint density at radius 3 is 2.81 bits per heavy atom. The van der Waals surface area contributed by atoms with E-state index in [0.29, 0.717) is 24.9 Å². The summed E-state index contributed by atoms with van der Waals surface area (Å²) in [6, 6.07) is 5.09. The Balaban J connectivity index is 1.73. The van der Waals surface area contributed by atoms with Crippen LogP contribution in [0.15, 0.2) is 24.3 Å². The lowest BCUT2D eigenvalue weighted by Gasteiger charge is -2.24. The largest absolute Gasteiger partial charge is 0.480 e. The number of carboxylic acids is 1. The molecule has 0 unspecified atom stereocenters. The van der Waals surface area contributed by atoms with Crippen LogP contribution in [0.25, 0.3) is 0 Å². The van der Waals surface area contributed by atoms with Crippen molar-refractivity contribution in [2.75, 3.05) is 18.8 Å². The molecule has 0 aromatic heterocycles. The molecule has 1 heterocycles. The predicted molar refractivity (Wildman–Crippen MR) is 111 cm³/mol. The quantitative estimate of drug-likeness (QED) is 0.378. The monoisotopic (exact) mass is 469 g/mol. The van der Waals surface area contributed by atoms with Crippen molar-refractivity contribution in [3.05, 3.63) is 39.9 Å². The lowest BCUT2D eigenvalue weighted by Crippen LogP contribution is -2.43. The fourth-order valence-electron chi connectivity index (χ4n) is 3.02. The molecule has 1 fully saturated rings. The van der Waals surface area contributed by atoms with Gasteiger partial charge < -0.3 is 24.9 Å². The third kappa shape index (κ3) is 7.72.